The van der Waals surface area contributed by atoms with Crippen molar-refractivity contribution >= 4 is 23.6 Å². The molecule has 0 aromatic carbocycles. The van der Waals surface area contributed by atoms with Gasteiger partial charge >= 0.3 is 5.97 Å². The van der Waals surface area contributed by atoms with E-state index < -0.39 is 5.97 Å². The fourth-order valence-corrected chi connectivity index (χ4v) is 3.97. The van der Waals surface area contributed by atoms with Gasteiger partial charge in [0.25, 0.3) is 0 Å². The van der Waals surface area contributed by atoms with E-state index in [-0.39, 0.29) is 23.8 Å². The fourth-order valence-electron chi connectivity index (χ4n) is 2.91. The van der Waals surface area contributed by atoms with Gasteiger partial charge in [-0.05, 0) is 24.8 Å². The van der Waals surface area contributed by atoms with Crippen molar-refractivity contribution in [1.82, 2.24) is 4.90 Å². The second-order valence-electron chi connectivity index (χ2n) is 5.65. The highest BCUT2D eigenvalue weighted by Crippen LogP contribution is 2.43. The van der Waals surface area contributed by atoms with Crippen molar-refractivity contribution in [2.24, 2.45) is 11.1 Å². The number of nitrogens with two attached hydrogens (primary N) is 1. The smallest absolute Gasteiger partial charge is 0.305 e. The first-order valence-electron chi connectivity index (χ1n) is 6.85. The van der Waals surface area contributed by atoms with Gasteiger partial charge in [0, 0.05) is 24.5 Å². The van der Waals surface area contributed by atoms with Crippen molar-refractivity contribution in [3.05, 3.63) is 0 Å². The molecule has 0 bridgehead atoms. The molecule has 0 radical (unpaired) electrons. The molecule has 2 rings (SSSR count). The SMILES string of the molecule is NCC1(CC(=O)N2CCSCC2CC(=O)O)CCC1. The average molecular weight is 286 g/mol. The zero-order valence-corrected chi connectivity index (χ0v) is 12.0. The van der Waals surface area contributed by atoms with Crippen LogP contribution in [0.15, 0.2) is 0 Å². The van der Waals surface area contributed by atoms with Crippen LogP contribution in [-0.2, 0) is 9.59 Å². The number of hydrogen-bond acceptors (Lipinski definition) is 4. The van der Waals surface area contributed by atoms with Crippen LogP contribution in [0.5, 0.6) is 0 Å². The first kappa shape index (κ1) is 14.7. The lowest BCUT2D eigenvalue weighted by Gasteiger charge is -2.43. The Morgan fingerprint density at radius 2 is 2.16 bits per heavy atom. The van der Waals surface area contributed by atoms with Gasteiger partial charge in [0.05, 0.1) is 12.5 Å². The highest BCUT2D eigenvalue weighted by Gasteiger charge is 2.40. The summed E-state index contributed by atoms with van der Waals surface area (Å²) in [5.74, 6) is 0.893. The number of carbonyl (C=O) groups excluding carboxylic acids is 1. The van der Waals surface area contributed by atoms with Crippen molar-refractivity contribution in [3.63, 3.8) is 0 Å². The summed E-state index contributed by atoms with van der Waals surface area (Å²) in [4.78, 5) is 25.1. The molecule has 0 spiro atoms. The van der Waals surface area contributed by atoms with Crippen LogP contribution < -0.4 is 5.73 Å². The van der Waals surface area contributed by atoms with E-state index >= 15 is 0 Å². The number of aliphatic carboxylic acids is 1. The minimum atomic E-state index is -0.831. The van der Waals surface area contributed by atoms with Crippen molar-refractivity contribution in [3.8, 4) is 0 Å². The minimum absolute atomic E-state index is 0.00452. The molecule has 19 heavy (non-hydrogen) atoms. The molecule has 5 nitrogen and oxygen atoms in total. The topological polar surface area (TPSA) is 83.6 Å². The Balaban J connectivity index is 1.96. The highest BCUT2D eigenvalue weighted by atomic mass is 32.2. The number of rotatable bonds is 5. The van der Waals surface area contributed by atoms with Gasteiger partial charge in [-0.1, -0.05) is 6.42 Å². The Kier molecular flexibility index (Phi) is 4.73. The van der Waals surface area contributed by atoms with E-state index in [4.69, 9.17) is 10.8 Å². The van der Waals surface area contributed by atoms with Gasteiger partial charge in [0.1, 0.15) is 0 Å². The van der Waals surface area contributed by atoms with Gasteiger partial charge in [-0.2, -0.15) is 11.8 Å². The van der Waals surface area contributed by atoms with Gasteiger partial charge in [-0.25, -0.2) is 0 Å². The molecule has 1 heterocycles. The van der Waals surface area contributed by atoms with Crippen LogP contribution in [0.1, 0.15) is 32.1 Å². The monoisotopic (exact) mass is 286 g/mol. The van der Waals surface area contributed by atoms with Crippen LogP contribution in [0.3, 0.4) is 0 Å². The van der Waals surface area contributed by atoms with Crippen molar-refractivity contribution in [2.45, 2.75) is 38.1 Å². The maximum Gasteiger partial charge on any atom is 0.305 e. The van der Waals surface area contributed by atoms with Crippen LogP contribution in [-0.4, -0.2) is 52.5 Å². The van der Waals surface area contributed by atoms with Gasteiger partial charge < -0.3 is 15.7 Å². The predicted molar refractivity (Wildman–Crippen MR) is 75.0 cm³/mol. The van der Waals surface area contributed by atoms with Gasteiger partial charge in [0.15, 0.2) is 0 Å². The molecular formula is C13H22N2O3S. The van der Waals surface area contributed by atoms with Crippen LogP contribution in [0.2, 0.25) is 0 Å². The maximum atomic E-state index is 12.4. The molecule has 1 saturated carbocycles. The number of carboxylic acid groups (broad SMARTS) is 1. The number of hydrogen-bond donors (Lipinski definition) is 2. The van der Waals surface area contributed by atoms with E-state index in [9.17, 15) is 9.59 Å². The van der Waals surface area contributed by atoms with Crippen LogP contribution >= 0.6 is 11.8 Å². The van der Waals surface area contributed by atoms with Crippen molar-refractivity contribution in [2.75, 3.05) is 24.6 Å². The summed E-state index contributed by atoms with van der Waals surface area (Å²) < 4.78 is 0. The quantitative estimate of drug-likeness (QED) is 0.785. The number of amides is 1. The van der Waals surface area contributed by atoms with E-state index in [2.05, 4.69) is 0 Å². The minimum Gasteiger partial charge on any atom is -0.481 e. The summed E-state index contributed by atoms with van der Waals surface area (Å²) in [6, 6.07) is -0.154. The van der Waals surface area contributed by atoms with E-state index in [0.29, 0.717) is 19.5 Å². The summed E-state index contributed by atoms with van der Waals surface area (Å²) in [6.45, 7) is 1.23. The van der Waals surface area contributed by atoms with Gasteiger partial charge in [-0.3, -0.25) is 9.59 Å². The van der Waals surface area contributed by atoms with Gasteiger partial charge in [-0.15, -0.1) is 0 Å². The summed E-state index contributed by atoms with van der Waals surface area (Å²) in [5.41, 5.74) is 5.79. The Labute approximate surface area is 117 Å². The molecule has 1 aliphatic heterocycles. The number of carbonyl (C=O) groups is 2. The van der Waals surface area contributed by atoms with E-state index in [0.717, 1.165) is 30.8 Å². The summed E-state index contributed by atoms with van der Waals surface area (Å²) in [7, 11) is 0. The Morgan fingerprint density at radius 3 is 2.68 bits per heavy atom. The number of nitrogens with zero attached hydrogens (tertiary/aromatic N) is 1. The molecule has 1 aliphatic carbocycles. The standard InChI is InChI=1S/C13H22N2O3S/c14-9-13(2-1-3-13)7-11(16)15-4-5-19-8-10(15)6-12(17)18/h10H,1-9,14H2,(H,17,18). The average Bonchev–Trinajstić information content (AvgIpc) is 2.33. The third-order valence-electron chi connectivity index (χ3n) is 4.33. The lowest BCUT2D eigenvalue weighted by Crippen LogP contribution is -2.50. The zero-order valence-electron chi connectivity index (χ0n) is 11.1. The van der Waals surface area contributed by atoms with E-state index in [1.165, 1.54) is 0 Å². The Hall–Kier alpha value is -0.750. The predicted octanol–water partition coefficient (Wildman–Crippen LogP) is 0.924. The van der Waals surface area contributed by atoms with Gasteiger partial charge in [0.2, 0.25) is 5.91 Å². The number of carboxylic acids is 1. The normalized spacial score (nSPS) is 25.7. The van der Waals surface area contributed by atoms with E-state index in [1.807, 2.05) is 0 Å². The molecule has 0 aromatic rings. The molecule has 2 fully saturated rings. The molecular weight excluding hydrogens is 264 g/mol. The van der Waals surface area contributed by atoms with Crippen LogP contribution in [0.4, 0.5) is 0 Å². The second kappa shape index (κ2) is 6.13. The maximum absolute atomic E-state index is 12.4. The molecule has 2 aliphatic rings. The molecule has 0 aromatic heterocycles. The fraction of sp³-hybridized carbons (Fsp3) is 0.846. The third kappa shape index (κ3) is 3.42. The molecule has 1 saturated heterocycles. The van der Waals surface area contributed by atoms with Crippen molar-refractivity contribution in [1.29, 1.82) is 0 Å². The van der Waals surface area contributed by atoms with E-state index in [1.54, 1.807) is 16.7 Å². The highest BCUT2D eigenvalue weighted by molar-refractivity contribution is 7.99. The third-order valence-corrected chi connectivity index (χ3v) is 5.42. The summed E-state index contributed by atoms with van der Waals surface area (Å²) in [6.07, 6.45) is 3.75. The summed E-state index contributed by atoms with van der Waals surface area (Å²) >= 11 is 1.73. The lowest BCUT2D eigenvalue weighted by atomic mass is 9.66. The summed E-state index contributed by atoms with van der Waals surface area (Å²) in [5, 5.41) is 8.93. The lowest BCUT2D eigenvalue weighted by molar-refractivity contribution is -0.141. The molecule has 1 unspecified atom stereocenters. The first-order chi connectivity index (χ1) is 9.06. The number of thioether (sulfide) groups is 1. The molecule has 1 atom stereocenters. The first-order valence-corrected chi connectivity index (χ1v) is 8.01. The largest absolute Gasteiger partial charge is 0.481 e. The molecule has 3 N–H and O–H groups in total. The van der Waals surface area contributed by atoms with Crippen LogP contribution in [0.25, 0.3) is 0 Å². The zero-order chi connectivity index (χ0) is 13.9. The second-order valence-corrected chi connectivity index (χ2v) is 6.80. The van der Waals surface area contributed by atoms with Crippen LogP contribution in [0, 0.1) is 5.41 Å². The molecule has 6 heteroatoms. The Bertz CT molecular complexity index is 352. The Morgan fingerprint density at radius 1 is 1.42 bits per heavy atom. The molecule has 108 valence electrons. The molecule has 1 amide bonds. The van der Waals surface area contributed by atoms with Crippen molar-refractivity contribution < 1.29 is 14.7 Å².